The first-order valence-electron chi connectivity index (χ1n) is 5.49. The third-order valence-corrected chi connectivity index (χ3v) is 3.84. The van der Waals surface area contributed by atoms with E-state index in [9.17, 15) is 4.79 Å². The zero-order valence-corrected chi connectivity index (χ0v) is 11.1. The molecule has 16 heavy (non-hydrogen) atoms. The van der Waals surface area contributed by atoms with Gasteiger partial charge < -0.3 is 4.90 Å². The fourth-order valence-electron chi connectivity index (χ4n) is 1.79. The highest BCUT2D eigenvalue weighted by Crippen LogP contribution is 2.35. The van der Waals surface area contributed by atoms with E-state index in [1.54, 1.807) is 11.1 Å². The first kappa shape index (κ1) is 11.6. The molecular weight excluding hydrogens is 268 g/mol. The Labute approximate surface area is 104 Å². The minimum atomic E-state index is -0.00752. The van der Waals surface area contributed by atoms with Crippen LogP contribution in [0.2, 0.25) is 0 Å². The Balaban J connectivity index is 2.15. The van der Waals surface area contributed by atoms with Crippen molar-refractivity contribution in [3.8, 4) is 0 Å². The molecule has 0 aliphatic heterocycles. The minimum absolute atomic E-state index is 0.00752. The number of aromatic nitrogens is 1. The zero-order valence-electron chi connectivity index (χ0n) is 9.48. The number of halogens is 1. The van der Waals surface area contributed by atoms with Gasteiger partial charge in [0.25, 0.3) is 5.91 Å². The maximum absolute atomic E-state index is 12.2. The topological polar surface area (TPSA) is 33.2 Å². The molecular formula is C12H15BrN2O. The van der Waals surface area contributed by atoms with Crippen LogP contribution in [0.5, 0.6) is 0 Å². The second-order valence-electron chi connectivity index (χ2n) is 4.33. The third kappa shape index (κ3) is 2.26. The third-order valence-electron chi connectivity index (χ3n) is 3.20. The van der Waals surface area contributed by atoms with Crippen LogP contribution in [0, 0.1) is 5.92 Å². The molecule has 0 bridgehead atoms. The monoisotopic (exact) mass is 282 g/mol. The van der Waals surface area contributed by atoms with E-state index < -0.39 is 0 Å². The highest BCUT2D eigenvalue weighted by atomic mass is 79.9. The van der Waals surface area contributed by atoms with Crippen LogP contribution in [0.4, 0.5) is 0 Å². The summed E-state index contributed by atoms with van der Waals surface area (Å²) in [7, 11) is 1.85. The first-order chi connectivity index (χ1) is 7.61. The average Bonchev–Trinajstić information content (AvgIpc) is 3.11. The van der Waals surface area contributed by atoms with Crippen LogP contribution >= 0.6 is 15.9 Å². The van der Waals surface area contributed by atoms with E-state index in [1.807, 2.05) is 19.2 Å². The van der Waals surface area contributed by atoms with Crippen molar-refractivity contribution < 1.29 is 4.79 Å². The van der Waals surface area contributed by atoms with Gasteiger partial charge in [0.2, 0.25) is 0 Å². The molecule has 1 heterocycles. The van der Waals surface area contributed by atoms with Gasteiger partial charge in [-0.15, -0.1) is 0 Å². The van der Waals surface area contributed by atoms with Crippen molar-refractivity contribution in [2.45, 2.75) is 25.8 Å². The van der Waals surface area contributed by atoms with Gasteiger partial charge in [0.1, 0.15) is 5.69 Å². The molecule has 1 atom stereocenters. The van der Waals surface area contributed by atoms with E-state index in [2.05, 4.69) is 27.8 Å². The Morgan fingerprint density at radius 3 is 2.88 bits per heavy atom. The van der Waals surface area contributed by atoms with Crippen LogP contribution in [0.15, 0.2) is 22.8 Å². The van der Waals surface area contributed by atoms with Gasteiger partial charge >= 0.3 is 0 Å². The molecule has 0 saturated heterocycles. The van der Waals surface area contributed by atoms with Crippen LogP contribution in [0.3, 0.4) is 0 Å². The summed E-state index contributed by atoms with van der Waals surface area (Å²) in [6, 6.07) is 3.96. The number of carbonyl (C=O) groups is 1. The average molecular weight is 283 g/mol. The predicted octanol–water partition coefficient (Wildman–Crippen LogP) is 2.71. The van der Waals surface area contributed by atoms with Gasteiger partial charge in [0.05, 0.1) is 0 Å². The maximum atomic E-state index is 12.2. The van der Waals surface area contributed by atoms with Crippen molar-refractivity contribution in [2.24, 2.45) is 5.92 Å². The molecule has 0 radical (unpaired) electrons. The molecule has 4 heteroatoms. The maximum Gasteiger partial charge on any atom is 0.273 e. The summed E-state index contributed by atoms with van der Waals surface area (Å²) in [4.78, 5) is 18.1. The Morgan fingerprint density at radius 2 is 2.31 bits per heavy atom. The fourth-order valence-corrected chi connectivity index (χ4v) is 2.21. The smallest absolute Gasteiger partial charge is 0.273 e. The van der Waals surface area contributed by atoms with Gasteiger partial charge in [-0.1, -0.05) is 0 Å². The van der Waals surface area contributed by atoms with Crippen LogP contribution in [0.25, 0.3) is 0 Å². The van der Waals surface area contributed by atoms with Crippen molar-refractivity contribution in [3.05, 3.63) is 28.5 Å². The number of amides is 1. The number of hydrogen-bond acceptors (Lipinski definition) is 2. The number of pyridine rings is 1. The van der Waals surface area contributed by atoms with Crippen molar-refractivity contribution in [3.63, 3.8) is 0 Å². The summed E-state index contributed by atoms with van der Waals surface area (Å²) in [5.74, 6) is 0.670. The lowest BCUT2D eigenvalue weighted by Gasteiger charge is -2.24. The lowest BCUT2D eigenvalue weighted by atomic mass is 10.2. The molecule has 1 aliphatic rings. The number of rotatable bonds is 3. The van der Waals surface area contributed by atoms with E-state index in [4.69, 9.17) is 0 Å². The van der Waals surface area contributed by atoms with Crippen LogP contribution in [-0.4, -0.2) is 28.9 Å². The van der Waals surface area contributed by atoms with Crippen LogP contribution in [0.1, 0.15) is 30.3 Å². The lowest BCUT2D eigenvalue weighted by Crippen LogP contribution is -2.37. The minimum Gasteiger partial charge on any atom is -0.337 e. The van der Waals surface area contributed by atoms with E-state index in [0.717, 1.165) is 4.47 Å². The Hall–Kier alpha value is -0.900. The molecule has 0 spiro atoms. The van der Waals surface area contributed by atoms with Gasteiger partial charge in [-0.25, -0.2) is 4.98 Å². The standard InChI is InChI=1S/C12H15BrN2O/c1-8(9-5-6-9)15(2)12(16)11-10(13)4-3-7-14-11/h3-4,7-9H,5-6H2,1-2H3. The zero-order chi connectivity index (χ0) is 11.7. The Morgan fingerprint density at radius 1 is 1.62 bits per heavy atom. The summed E-state index contributed by atoms with van der Waals surface area (Å²) in [6.07, 6.45) is 4.12. The second kappa shape index (κ2) is 4.53. The molecule has 1 saturated carbocycles. The van der Waals surface area contributed by atoms with E-state index in [-0.39, 0.29) is 5.91 Å². The summed E-state index contributed by atoms with van der Waals surface area (Å²) in [6.45, 7) is 2.10. The first-order valence-corrected chi connectivity index (χ1v) is 6.28. The highest BCUT2D eigenvalue weighted by molar-refractivity contribution is 9.10. The fraction of sp³-hybridized carbons (Fsp3) is 0.500. The highest BCUT2D eigenvalue weighted by Gasteiger charge is 2.33. The lowest BCUT2D eigenvalue weighted by molar-refractivity contribution is 0.0720. The molecule has 1 aliphatic carbocycles. The molecule has 1 aromatic heterocycles. The molecule has 0 N–H and O–H groups in total. The van der Waals surface area contributed by atoms with E-state index in [1.165, 1.54) is 12.8 Å². The van der Waals surface area contributed by atoms with Gasteiger partial charge in [0.15, 0.2) is 0 Å². The van der Waals surface area contributed by atoms with Crippen molar-refractivity contribution >= 4 is 21.8 Å². The quantitative estimate of drug-likeness (QED) is 0.854. The predicted molar refractivity (Wildman–Crippen MR) is 66.2 cm³/mol. The molecule has 1 fully saturated rings. The molecule has 3 nitrogen and oxygen atoms in total. The van der Waals surface area contributed by atoms with Gasteiger partial charge in [-0.05, 0) is 53.7 Å². The molecule has 86 valence electrons. The molecule has 1 unspecified atom stereocenters. The summed E-state index contributed by atoms with van der Waals surface area (Å²) < 4.78 is 0.759. The van der Waals surface area contributed by atoms with Crippen molar-refractivity contribution in [1.29, 1.82) is 0 Å². The summed E-state index contributed by atoms with van der Waals surface area (Å²) in [5.41, 5.74) is 0.498. The second-order valence-corrected chi connectivity index (χ2v) is 5.18. The number of hydrogen-bond donors (Lipinski definition) is 0. The van der Waals surface area contributed by atoms with Gasteiger partial charge in [-0.3, -0.25) is 4.79 Å². The largest absolute Gasteiger partial charge is 0.337 e. The van der Waals surface area contributed by atoms with Crippen LogP contribution < -0.4 is 0 Å². The van der Waals surface area contributed by atoms with Crippen LogP contribution in [-0.2, 0) is 0 Å². The summed E-state index contributed by atoms with van der Waals surface area (Å²) in [5, 5.41) is 0. The van der Waals surface area contributed by atoms with Crippen molar-refractivity contribution in [1.82, 2.24) is 9.88 Å². The number of nitrogens with zero attached hydrogens (tertiary/aromatic N) is 2. The normalized spacial score (nSPS) is 16.9. The summed E-state index contributed by atoms with van der Waals surface area (Å²) >= 11 is 3.36. The molecule has 1 aromatic rings. The van der Waals surface area contributed by atoms with Gasteiger partial charge in [0, 0.05) is 23.8 Å². The Bertz CT molecular complexity index is 404. The molecule has 0 aromatic carbocycles. The van der Waals surface area contributed by atoms with E-state index in [0.29, 0.717) is 17.7 Å². The molecule has 2 rings (SSSR count). The van der Waals surface area contributed by atoms with Crippen molar-refractivity contribution in [2.75, 3.05) is 7.05 Å². The molecule has 1 amide bonds. The number of carbonyl (C=O) groups excluding carboxylic acids is 1. The Kier molecular flexibility index (Phi) is 3.28. The SMILES string of the molecule is CC(C1CC1)N(C)C(=O)c1ncccc1Br. The van der Waals surface area contributed by atoms with E-state index >= 15 is 0 Å². The van der Waals surface area contributed by atoms with Gasteiger partial charge in [-0.2, -0.15) is 0 Å².